The summed E-state index contributed by atoms with van der Waals surface area (Å²) in [7, 11) is -3.34. The monoisotopic (exact) mass is 248 g/mol. The number of aryl methyl sites for hydroxylation is 2. The second-order valence-corrected chi connectivity index (χ2v) is 6.68. The molecule has 0 aromatic carbocycles. The summed E-state index contributed by atoms with van der Waals surface area (Å²) in [5, 5.41) is 7.94. The summed E-state index contributed by atoms with van der Waals surface area (Å²) in [6.45, 7) is 5.22. The fraction of sp³-hybridized carbons (Fsp3) is 0.556. The van der Waals surface area contributed by atoms with Gasteiger partial charge < -0.3 is 5.32 Å². The standard InChI is InChI=1S/C9H16N2O2S2/c1-7-5-9(8(2)14-7)6-11-3-4-15(10,12)13/h5,11H,3-4,6H2,1-2H3,(H2,10,12,13). The average molecular weight is 248 g/mol. The lowest BCUT2D eigenvalue weighted by atomic mass is 10.2. The van der Waals surface area contributed by atoms with Crippen LogP contribution in [-0.4, -0.2) is 20.7 Å². The van der Waals surface area contributed by atoms with Gasteiger partial charge in [-0.1, -0.05) is 0 Å². The Balaban J connectivity index is 2.35. The smallest absolute Gasteiger partial charge is 0.210 e. The van der Waals surface area contributed by atoms with E-state index in [9.17, 15) is 8.42 Å². The van der Waals surface area contributed by atoms with Crippen molar-refractivity contribution in [2.75, 3.05) is 12.3 Å². The molecule has 0 saturated heterocycles. The zero-order valence-electron chi connectivity index (χ0n) is 8.91. The summed E-state index contributed by atoms with van der Waals surface area (Å²) in [6, 6.07) is 2.12. The highest BCUT2D eigenvalue weighted by atomic mass is 32.2. The van der Waals surface area contributed by atoms with Crippen LogP contribution in [0.25, 0.3) is 0 Å². The Kier molecular flexibility index (Phi) is 4.27. The lowest BCUT2D eigenvalue weighted by Crippen LogP contribution is -2.26. The largest absolute Gasteiger partial charge is 0.312 e. The molecule has 15 heavy (non-hydrogen) atoms. The maximum Gasteiger partial charge on any atom is 0.210 e. The third-order valence-corrected chi connectivity index (χ3v) is 3.80. The van der Waals surface area contributed by atoms with Crippen molar-refractivity contribution >= 4 is 21.4 Å². The van der Waals surface area contributed by atoms with Crippen LogP contribution in [0.2, 0.25) is 0 Å². The molecule has 6 heteroatoms. The molecule has 0 spiro atoms. The topological polar surface area (TPSA) is 72.2 Å². The van der Waals surface area contributed by atoms with Gasteiger partial charge in [0, 0.05) is 22.8 Å². The van der Waals surface area contributed by atoms with Crippen LogP contribution in [0.15, 0.2) is 6.07 Å². The first-order chi connectivity index (χ1) is 6.88. The molecule has 3 N–H and O–H groups in total. The van der Waals surface area contributed by atoms with Gasteiger partial charge in [-0.3, -0.25) is 0 Å². The van der Waals surface area contributed by atoms with E-state index in [0.717, 1.165) is 0 Å². The molecule has 1 rings (SSSR count). The first-order valence-electron chi connectivity index (χ1n) is 4.65. The second kappa shape index (κ2) is 5.07. The van der Waals surface area contributed by atoms with Gasteiger partial charge in [-0.05, 0) is 25.5 Å². The Hall–Kier alpha value is -0.430. The molecule has 86 valence electrons. The van der Waals surface area contributed by atoms with E-state index in [1.54, 1.807) is 11.3 Å². The third-order valence-electron chi connectivity index (χ3n) is 2.02. The molecule has 1 aromatic rings. The van der Waals surface area contributed by atoms with E-state index < -0.39 is 10.0 Å². The molecule has 1 heterocycles. The van der Waals surface area contributed by atoms with Gasteiger partial charge in [0.2, 0.25) is 10.0 Å². The Morgan fingerprint density at radius 2 is 2.13 bits per heavy atom. The Morgan fingerprint density at radius 3 is 2.60 bits per heavy atom. The molecule has 1 aromatic heterocycles. The Morgan fingerprint density at radius 1 is 1.47 bits per heavy atom. The molecule has 0 fully saturated rings. The molecular weight excluding hydrogens is 232 g/mol. The number of primary sulfonamides is 1. The molecule has 0 radical (unpaired) electrons. The molecular formula is C9H16N2O2S2. The number of thiophene rings is 1. The summed E-state index contributed by atoms with van der Waals surface area (Å²) < 4.78 is 21.3. The molecule has 0 saturated carbocycles. The lowest BCUT2D eigenvalue weighted by molar-refractivity contribution is 0.592. The first-order valence-corrected chi connectivity index (χ1v) is 7.19. The van der Waals surface area contributed by atoms with E-state index in [-0.39, 0.29) is 5.75 Å². The number of sulfonamides is 1. The molecule has 0 aliphatic rings. The Bertz CT molecular complexity index is 423. The van der Waals surface area contributed by atoms with Crippen molar-refractivity contribution < 1.29 is 8.42 Å². The van der Waals surface area contributed by atoms with Crippen molar-refractivity contribution in [2.45, 2.75) is 20.4 Å². The molecule has 0 unspecified atom stereocenters. The van der Waals surface area contributed by atoms with Crippen molar-refractivity contribution in [3.8, 4) is 0 Å². The highest BCUT2D eigenvalue weighted by molar-refractivity contribution is 7.89. The predicted molar refractivity (Wildman–Crippen MR) is 63.5 cm³/mol. The number of hydrogen-bond acceptors (Lipinski definition) is 4. The summed E-state index contributed by atoms with van der Waals surface area (Å²) in [5.74, 6) is -0.0187. The van der Waals surface area contributed by atoms with Crippen molar-refractivity contribution in [3.63, 3.8) is 0 Å². The number of nitrogens with two attached hydrogens (primary N) is 1. The maximum absolute atomic E-state index is 10.7. The van der Waals surface area contributed by atoms with E-state index in [4.69, 9.17) is 5.14 Å². The van der Waals surface area contributed by atoms with Crippen LogP contribution in [0, 0.1) is 13.8 Å². The van der Waals surface area contributed by atoms with Crippen molar-refractivity contribution in [2.24, 2.45) is 5.14 Å². The summed E-state index contributed by atoms with van der Waals surface area (Å²) in [4.78, 5) is 2.55. The van der Waals surface area contributed by atoms with Crippen LogP contribution in [-0.2, 0) is 16.6 Å². The molecule has 0 aliphatic carbocycles. The van der Waals surface area contributed by atoms with Gasteiger partial charge in [0.25, 0.3) is 0 Å². The van der Waals surface area contributed by atoms with Crippen molar-refractivity contribution in [1.29, 1.82) is 0 Å². The van der Waals surface area contributed by atoms with Gasteiger partial charge in [-0.25, -0.2) is 13.6 Å². The molecule has 4 nitrogen and oxygen atoms in total. The van der Waals surface area contributed by atoms with Gasteiger partial charge in [0.05, 0.1) is 5.75 Å². The first kappa shape index (κ1) is 12.6. The van der Waals surface area contributed by atoms with E-state index in [1.165, 1.54) is 15.3 Å². The van der Waals surface area contributed by atoms with Crippen molar-refractivity contribution in [1.82, 2.24) is 5.32 Å². The van der Waals surface area contributed by atoms with Crippen LogP contribution in [0.5, 0.6) is 0 Å². The second-order valence-electron chi connectivity index (χ2n) is 3.48. The summed E-state index contributed by atoms with van der Waals surface area (Å²) in [5.41, 5.74) is 1.23. The number of nitrogens with one attached hydrogen (secondary N) is 1. The normalized spacial score (nSPS) is 11.9. The molecule has 0 atom stereocenters. The van der Waals surface area contributed by atoms with E-state index in [0.29, 0.717) is 13.1 Å². The molecule has 0 amide bonds. The minimum absolute atomic E-state index is 0.0187. The Labute approximate surface area is 94.5 Å². The average Bonchev–Trinajstić information content (AvgIpc) is 2.37. The van der Waals surface area contributed by atoms with Crippen LogP contribution in [0.3, 0.4) is 0 Å². The van der Waals surface area contributed by atoms with E-state index >= 15 is 0 Å². The van der Waals surface area contributed by atoms with E-state index in [2.05, 4.69) is 25.2 Å². The van der Waals surface area contributed by atoms with Crippen molar-refractivity contribution in [3.05, 3.63) is 21.4 Å². The predicted octanol–water partition coefficient (Wildman–Crippen LogP) is 0.743. The quantitative estimate of drug-likeness (QED) is 0.755. The molecule has 0 aliphatic heterocycles. The molecule has 0 bridgehead atoms. The SMILES string of the molecule is Cc1cc(CNCCS(N)(=O)=O)c(C)s1. The van der Waals surface area contributed by atoms with Crippen LogP contribution in [0.4, 0.5) is 0 Å². The summed E-state index contributed by atoms with van der Waals surface area (Å²) in [6.07, 6.45) is 0. The van der Waals surface area contributed by atoms with Gasteiger partial charge in [0.1, 0.15) is 0 Å². The highest BCUT2D eigenvalue weighted by Gasteiger charge is 2.04. The zero-order valence-corrected chi connectivity index (χ0v) is 10.5. The summed E-state index contributed by atoms with van der Waals surface area (Å²) >= 11 is 1.75. The van der Waals surface area contributed by atoms with Crippen LogP contribution >= 0.6 is 11.3 Å². The van der Waals surface area contributed by atoms with E-state index in [1.807, 2.05) is 0 Å². The lowest BCUT2D eigenvalue weighted by Gasteiger charge is -2.02. The highest BCUT2D eigenvalue weighted by Crippen LogP contribution is 2.19. The number of rotatable bonds is 5. The van der Waals surface area contributed by atoms with Crippen LogP contribution < -0.4 is 10.5 Å². The number of hydrogen-bond donors (Lipinski definition) is 2. The van der Waals surface area contributed by atoms with Gasteiger partial charge in [-0.15, -0.1) is 11.3 Å². The van der Waals surface area contributed by atoms with Gasteiger partial charge >= 0.3 is 0 Å². The fourth-order valence-electron chi connectivity index (χ4n) is 1.30. The maximum atomic E-state index is 10.7. The van der Waals surface area contributed by atoms with Crippen LogP contribution in [0.1, 0.15) is 15.3 Å². The minimum Gasteiger partial charge on any atom is -0.312 e. The fourth-order valence-corrected chi connectivity index (χ4v) is 2.67. The third kappa shape index (κ3) is 4.74. The van der Waals surface area contributed by atoms with Gasteiger partial charge in [0.15, 0.2) is 0 Å². The van der Waals surface area contributed by atoms with Gasteiger partial charge in [-0.2, -0.15) is 0 Å². The zero-order chi connectivity index (χ0) is 11.5. The minimum atomic E-state index is -3.34.